The van der Waals surface area contributed by atoms with E-state index in [1.165, 1.54) is 13.2 Å². The number of hydrogen-bond donors (Lipinski definition) is 1. The van der Waals surface area contributed by atoms with Gasteiger partial charge in [0.05, 0.1) is 18.1 Å². The number of allylic oxidation sites excluding steroid dienone is 2. The Morgan fingerprint density at radius 2 is 1.84 bits per heavy atom. The predicted octanol–water partition coefficient (Wildman–Crippen LogP) is 7.77. The molecule has 4 aromatic rings. The number of anilines is 1. The topological polar surface area (TPSA) is 98.4 Å². The Morgan fingerprint density at radius 3 is 2.51 bits per heavy atom. The molecule has 0 radical (unpaired) electrons. The van der Waals surface area contributed by atoms with Gasteiger partial charge in [0, 0.05) is 29.9 Å². The highest BCUT2D eigenvalue weighted by Gasteiger charge is 2.31. The van der Waals surface area contributed by atoms with Gasteiger partial charge >= 0.3 is 6.09 Å². The largest absolute Gasteiger partial charge is 0.506 e. The normalized spacial score (nSPS) is 15.1. The number of benzene rings is 3. The molecule has 8 nitrogen and oxygen atoms in total. The Kier molecular flexibility index (Phi) is 7.16. The van der Waals surface area contributed by atoms with Gasteiger partial charge in [0.25, 0.3) is 0 Å². The summed E-state index contributed by atoms with van der Waals surface area (Å²) in [5, 5.41) is 11.5. The third kappa shape index (κ3) is 5.45. The summed E-state index contributed by atoms with van der Waals surface area (Å²) < 4.78 is 24.2. The minimum absolute atomic E-state index is 0.0455. The molecule has 8 heteroatoms. The first-order chi connectivity index (χ1) is 20.6. The zero-order valence-corrected chi connectivity index (χ0v) is 25.0. The lowest BCUT2D eigenvalue weighted by molar-refractivity contribution is 0.158. The van der Waals surface area contributed by atoms with Crippen molar-refractivity contribution in [2.45, 2.75) is 52.6 Å². The first-order valence-electron chi connectivity index (χ1n) is 14.5. The summed E-state index contributed by atoms with van der Waals surface area (Å²) in [6, 6.07) is 12.5. The van der Waals surface area contributed by atoms with E-state index in [2.05, 4.69) is 0 Å². The van der Waals surface area contributed by atoms with Crippen LogP contribution in [0.4, 0.5) is 10.5 Å². The fraction of sp³-hybridized carbons (Fsp3) is 0.314. The maximum absolute atomic E-state index is 14.1. The Bertz CT molecular complexity index is 1860. The van der Waals surface area contributed by atoms with Crippen LogP contribution in [0.15, 0.2) is 69.4 Å². The number of phenolic OH excluding ortho intramolecular Hbond substituents is 1. The van der Waals surface area contributed by atoms with Crippen LogP contribution in [0.25, 0.3) is 28.0 Å². The summed E-state index contributed by atoms with van der Waals surface area (Å²) in [5.74, 6) is 1.01. The van der Waals surface area contributed by atoms with Gasteiger partial charge in [-0.1, -0.05) is 29.8 Å². The first kappa shape index (κ1) is 28.4. The molecule has 1 aliphatic carbocycles. The second kappa shape index (κ2) is 10.8. The molecule has 222 valence electrons. The molecule has 1 amide bonds. The highest BCUT2D eigenvalue weighted by atomic mass is 16.6. The number of nitrogens with zero attached hydrogens (tertiary/aromatic N) is 1. The number of ether oxygens (including phenoxy) is 3. The van der Waals surface area contributed by atoms with Crippen molar-refractivity contribution in [3.63, 3.8) is 0 Å². The molecular formula is C35H35NO7. The second-order valence-electron chi connectivity index (χ2n) is 12.0. The number of carbonyl (C=O) groups is 1. The van der Waals surface area contributed by atoms with Gasteiger partial charge in [-0.05, 0) is 77.2 Å². The number of fused-ring (bicyclic) bond motifs is 3. The summed E-state index contributed by atoms with van der Waals surface area (Å²) in [7, 11) is 1.48. The predicted molar refractivity (Wildman–Crippen MR) is 168 cm³/mol. The van der Waals surface area contributed by atoms with Crippen LogP contribution in [0.5, 0.6) is 23.0 Å². The van der Waals surface area contributed by atoms with Crippen molar-refractivity contribution in [1.29, 1.82) is 0 Å². The van der Waals surface area contributed by atoms with Crippen LogP contribution in [-0.4, -0.2) is 30.5 Å². The number of para-hydroxylation sites is 1. The Balaban J connectivity index is 1.54. The van der Waals surface area contributed by atoms with E-state index in [1.807, 2.05) is 70.2 Å². The average molecular weight is 582 g/mol. The van der Waals surface area contributed by atoms with Crippen LogP contribution in [-0.2, 0) is 6.42 Å². The smallest absolute Gasteiger partial charge is 0.419 e. The lowest BCUT2D eigenvalue weighted by Gasteiger charge is -2.28. The summed E-state index contributed by atoms with van der Waals surface area (Å²) in [4.78, 5) is 29.5. The summed E-state index contributed by atoms with van der Waals surface area (Å²) >= 11 is 0. The molecule has 6 rings (SSSR count). The van der Waals surface area contributed by atoms with E-state index in [0.29, 0.717) is 35.8 Å². The van der Waals surface area contributed by atoms with Crippen LogP contribution in [0, 0.1) is 5.92 Å². The molecule has 0 spiro atoms. The van der Waals surface area contributed by atoms with E-state index in [1.54, 1.807) is 17.0 Å². The molecule has 1 aromatic heterocycles. The zero-order valence-electron chi connectivity index (χ0n) is 25.0. The number of phenols is 1. The van der Waals surface area contributed by atoms with Crippen molar-refractivity contribution < 1.29 is 28.5 Å². The second-order valence-corrected chi connectivity index (χ2v) is 12.0. The van der Waals surface area contributed by atoms with Crippen molar-refractivity contribution in [1.82, 2.24) is 0 Å². The van der Waals surface area contributed by atoms with Crippen LogP contribution in [0.2, 0.25) is 0 Å². The van der Waals surface area contributed by atoms with Crippen molar-refractivity contribution >= 4 is 39.8 Å². The molecule has 2 aliphatic rings. The van der Waals surface area contributed by atoms with Crippen LogP contribution in [0.3, 0.4) is 0 Å². The van der Waals surface area contributed by atoms with Gasteiger partial charge < -0.3 is 23.7 Å². The monoisotopic (exact) mass is 581 g/mol. The standard InChI is InChI=1S/C35H35NO7/c1-20(2)11-14-24-29-26(41-27-17-25-23(15-16-35(3,4)43-25)31(37)30(27)32(29)38)18-28(33(24)40-5)42-34(39)36(19-21-12-13-21)22-9-7-6-8-10-22/h6-11,15-18,21,37H,12-14,19H2,1-5H3. The van der Waals surface area contributed by atoms with E-state index in [4.69, 9.17) is 18.6 Å². The molecule has 1 aliphatic heterocycles. The lowest BCUT2D eigenvalue weighted by Crippen LogP contribution is -2.35. The molecule has 1 saturated carbocycles. The Labute approximate surface area is 249 Å². The van der Waals surface area contributed by atoms with Crippen molar-refractivity contribution in [2.75, 3.05) is 18.6 Å². The highest BCUT2D eigenvalue weighted by Crippen LogP contribution is 2.44. The summed E-state index contributed by atoms with van der Waals surface area (Å²) in [5.41, 5.74) is 2.04. The van der Waals surface area contributed by atoms with Gasteiger partial charge in [0.1, 0.15) is 33.7 Å². The maximum atomic E-state index is 14.1. The molecule has 0 atom stereocenters. The fourth-order valence-corrected chi connectivity index (χ4v) is 5.43. The van der Waals surface area contributed by atoms with Crippen LogP contribution < -0.4 is 24.5 Å². The first-order valence-corrected chi connectivity index (χ1v) is 14.5. The van der Waals surface area contributed by atoms with Crippen LogP contribution in [0.1, 0.15) is 51.7 Å². The third-order valence-electron chi connectivity index (χ3n) is 7.81. The Hall–Kier alpha value is -4.72. The minimum Gasteiger partial charge on any atom is -0.506 e. The molecule has 2 heterocycles. The van der Waals surface area contributed by atoms with Gasteiger partial charge in [-0.2, -0.15) is 0 Å². The number of aromatic hydroxyl groups is 1. The molecular weight excluding hydrogens is 546 g/mol. The van der Waals surface area contributed by atoms with Crippen LogP contribution >= 0.6 is 0 Å². The number of rotatable bonds is 7. The molecule has 0 unspecified atom stereocenters. The quantitative estimate of drug-likeness (QED) is 0.176. The SMILES string of the molecule is COc1c(OC(=O)N(CC2CC2)c2ccccc2)cc2oc3cc4c(c(O)c3c(=O)c2c1CC=C(C)C)C=CC(C)(C)O4. The molecule has 0 bridgehead atoms. The molecule has 1 N–H and O–H groups in total. The summed E-state index contributed by atoms with van der Waals surface area (Å²) in [6.07, 6.45) is 7.43. The van der Waals surface area contributed by atoms with Gasteiger partial charge in [-0.3, -0.25) is 9.69 Å². The summed E-state index contributed by atoms with van der Waals surface area (Å²) in [6.45, 7) is 8.25. The lowest BCUT2D eigenvalue weighted by atomic mass is 9.97. The molecule has 0 saturated heterocycles. The van der Waals surface area contributed by atoms with E-state index < -0.39 is 17.1 Å². The third-order valence-corrected chi connectivity index (χ3v) is 7.81. The van der Waals surface area contributed by atoms with Gasteiger partial charge in [-0.25, -0.2) is 4.79 Å². The number of hydrogen-bond acceptors (Lipinski definition) is 7. The van der Waals surface area contributed by atoms with Crippen molar-refractivity contribution in [3.8, 4) is 23.0 Å². The van der Waals surface area contributed by atoms with E-state index in [0.717, 1.165) is 24.1 Å². The van der Waals surface area contributed by atoms with Gasteiger partial charge in [-0.15, -0.1) is 0 Å². The van der Waals surface area contributed by atoms with E-state index >= 15 is 0 Å². The van der Waals surface area contributed by atoms with Crippen molar-refractivity contribution in [3.05, 3.63) is 81.5 Å². The molecule has 1 fully saturated rings. The van der Waals surface area contributed by atoms with Gasteiger partial charge in [0.2, 0.25) is 5.43 Å². The molecule has 43 heavy (non-hydrogen) atoms. The molecule has 3 aromatic carbocycles. The Morgan fingerprint density at radius 1 is 1.12 bits per heavy atom. The van der Waals surface area contributed by atoms with E-state index in [9.17, 15) is 14.7 Å². The van der Waals surface area contributed by atoms with E-state index in [-0.39, 0.29) is 39.2 Å². The minimum atomic E-state index is -0.596. The fourth-order valence-electron chi connectivity index (χ4n) is 5.43. The average Bonchev–Trinajstić information content (AvgIpc) is 3.78. The van der Waals surface area contributed by atoms with Crippen molar-refractivity contribution in [2.24, 2.45) is 5.92 Å². The number of amides is 1. The number of methoxy groups -OCH3 is 1. The number of carbonyl (C=O) groups excluding carboxylic acids is 1. The van der Waals surface area contributed by atoms with Gasteiger partial charge in [0.15, 0.2) is 11.5 Å². The highest BCUT2D eigenvalue weighted by molar-refractivity contribution is 6.00. The zero-order chi connectivity index (χ0) is 30.5. The maximum Gasteiger partial charge on any atom is 0.419 e.